The summed E-state index contributed by atoms with van der Waals surface area (Å²) in [5.74, 6) is 0. The Morgan fingerprint density at radius 3 is 2.19 bits per heavy atom. The highest BCUT2D eigenvalue weighted by Gasteiger charge is 2.18. The quantitative estimate of drug-likeness (QED) is 0.502. The zero-order valence-electron chi connectivity index (χ0n) is 14.3. The van der Waals surface area contributed by atoms with Gasteiger partial charge in [0.05, 0.1) is 10.9 Å². The Bertz CT molecular complexity index is 996. The Kier molecular flexibility index (Phi) is 6.55. The normalized spacial score (nSPS) is 12.5. The highest BCUT2D eigenvalue weighted by Crippen LogP contribution is 2.26. The second-order valence-electron chi connectivity index (χ2n) is 5.89. The van der Waals surface area contributed by atoms with Crippen LogP contribution in [0, 0.1) is 0 Å². The summed E-state index contributed by atoms with van der Waals surface area (Å²) < 4.78 is 28.8. The fraction of sp³-hybridized carbons (Fsp3) is 0.100. The van der Waals surface area contributed by atoms with Crippen LogP contribution in [0.25, 0.3) is 0 Å². The Labute approximate surface area is 172 Å². The van der Waals surface area contributed by atoms with Crippen LogP contribution in [0.1, 0.15) is 11.6 Å². The number of sulfonamides is 1. The summed E-state index contributed by atoms with van der Waals surface area (Å²) >= 11 is 9.36. The average Bonchev–Trinajstić information content (AvgIpc) is 2.67. The number of hydrogen-bond acceptors (Lipinski definition) is 3. The number of para-hydroxylation sites is 1. The summed E-state index contributed by atoms with van der Waals surface area (Å²) in [6.45, 7) is 0.191. The molecule has 0 radical (unpaired) electrons. The van der Waals surface area contributed by atoms with Crippen molar-refractivity contribution in [3.63, 3.8) is 0 Å². The molecule has 0 saturated heterocycles. The molecule has 0 aromatic heterocycles. The SMILES string of the molecule is O=S(=O)(NC[C@@H](Nc1ccccc1Br)c1ccccc1)c1ccc(Cl)cc1. The van der Waals surface area contributed by atoms with Crippen LogP contribution in [-0.2, 0) is 10.0 Å². The van der Waals surface area contributed by atoms with Crippen LogP contribution in [0.3, 0.4) is 0 Å². The van der Waals surface area contributed by atoms with Gasteiger partial charge >= 0.3 is 0 Å². The van der Waals surface area contributed by atoms with Gasteiger partial charge in [0.2, 0.25) is 10.0 Å². The van der Waals surface area contributed by atoms with Crippen molar-refractivity contribution in [1.82, 2.24) is 4.72 Å². The molecule has 0 aliphatic heterocycles. The number of rotatable bonds is 7. The van der Waals surface area contributed by atoms with Gasteiger partial charge < -0.3 is 5.32 Å². The number of anilines is 1. The molecule has 3 aromatic carbocycles. The molecule has 7 heteroatoms. The van der Waals surface area contributed by atoms with Crippen molar-refractivity contribution >= 4 is 43.2 Å². The van der Waals surface area contributed by atoms with Gasteiger partial charge in [0.1, 0.15) is 0 Å². The molecule has 0 amide bonds. The van der Waals surface area contributed by atoms with E-state index in [0.717, 1.165) is 15.7 Å². The lowest BCUT2D eigenvalue weighted by atomic mass is 10.1. The fourth-order valence-corrected chi connectivity index (χ4v) is 4.17. The largest absolute Gasteiger partial charge is 0.376 e. The van der Waals surface area contributed by atoms with Gasteiger partial charge in [-0.1, -0.05) is 54.1 Å². The van der Waals surface area contributed by atoms with Gasteiger partial charge in [0.15, 0.2) is 0 Å². The molecule has 0 bridgehead atoms. The molecule has 0 saturated carbocycles. The Morgan fingerprint density at radius 2 is 1.52 bits per heavy atom. The van der Waals surface area contributed by atoms with Gasteiger partial charge in [-0.25, -0.2) is 13.1 Å². The minimum absolute atomic E-state index is 0.180. The van der Waals surface area contributed by atoms with Gasteiger partial charge in [-0.15, -0.1) is 0 Å². The van der Waals surface area contributed by atoms with Crippen molar-refractivity contribution in [3.8, 4) is 0 Å². The first-order valence-corrected chi connectivity index (χ1v) is 10.9. The van der Waals surface area contributed by atoms with Crippen molar-refractivity contribution in [1.29, 1.82) is 0 Å². The summed E-state index contributed by atoms with van der Waals surface area (Å²) in [7, 11) is -3.64. The van der Waals surface area contributed by atoms with Gasteiger partial charge in [0.25, 0.3) is 0 Å². The minimum atomic E-state index is -3.64. The molecule has 140 valence electrons. The summed E-state index contributed by atoms with van der Waals surface area (Å²) in [4.78, 5) is 0.180. The molecular formula is C20H18BrClN2O2S. The Hall–Kier alpha value is -1.86. The van der Waals surface area contributed by atoms with Crippen LogP contribution in [0.5, 0.6) is 0 Å². The van der Waals surface area contributed by atoms with Crippen molar-refractivity contribution in [2.24, 2.45) is 0 Å². The molecule has 2 N–H and O–H groups in total. The van der Waals surface area contributed by atoms with E-state index in [4.69, 9.17) is 11.6 Å². The molecule has 4 nitrogen and oxygen atoms in total. The first-order chi connectivity index (χ1) is 13.0. The Morgan fingerprint density at radius 1 is 0.889 bits per heavy atom. The van der Waals surface area contributed by atoms with Crippen LogP contribution < -0.4 is 10.0 Å². The van der Waals surface area contributed by atoms with Crippen molar-refractivity contribution in [2.75, 3.05) is 11.9 Å². The monoisotopic (exact) mass is 464 g/mol. The summed E-state index contributed by atoms with van der Waals surface area (Å²) in [5, 5.41) is 3.89. The summed E-state index contributed by atoms with van der Waals surface area (Å²) in [6, 6.07) is 23.3. The van der Waals surface area contributed by atoms with Gasteiger partial charge in [0, 0.05) is 21.7 Å². The van der Waals surface area contributed by atoms with Crippen molar-refractivity contribution < 1.29 is 8.42 Å². The number of halogens is 2. The number of nitrogens with one attached hydrogen (secondary N) is 2. The molecular weight excluding hydrogens is 448 g/mol. The summed E-state index contributed by atoms with van der Waals surface area (Å²) in [5.41, 5.74) is 1.86. The number of benzene rings is 3. The topological polar surface area (TPSA) is 58.2 Å². The molecule has 0 aliphatic rings. The van der Waals surface area contributed by atoms with E-state index in [1.807, 2.05) is 54.6 Å². The first kappa shape index (κ1) is 19.9. The minimum Gasteiger partial charge on any atom is -0.376 e. The predicted molar refractivity (Wildman–Crippen MR) is 114 cm³/mol. The highest BCUT2D eigenvalue weighted by molar-refractivity contribution is 9.10. The Balaban J connectivity index is 1.81. The lowest BCUT2D eigenvalue weighted by molar-refractivity contribution is 0.576. The van der Waals surface area contributed by atoms with E-state index in [2.05, 4.69) is 26.0 Å². The zero-order chi connectivity index (χ0) is 19.3. The molecule has 0 spiro atoms. The van der Waals surface area contributed by atoms with Gasteiger partial charge in [-0.2, -0.15) is 0 Å². The maximum absolute atomic E-state index is 12.6. The molecule has 0 fully saturated rings. The fourth-order valence-electron chi connectivity index (χ4n) is 2.59. The maximum Gasteiger partial charge on any atom is 0.240 e. The van der Waals surface area contributed by atoms with Crippen LogP contribution in [0.15, 0.2) is 88.2 Å². The van der Waals surface area contributed by atoms with E-state index >= 15 is 0 Å². The van der Waals surface area contributed by atoms with Crippen molar-refractivity contribution in [3.05, 3.63) is 93.9 Å². The molecule has 3 rings (SSSR count). The first-order valence-electron chi connectivity index (χ1n) is 8.27. The van der Waals surface area contributed by atoms with Crippen LogP contribution >= 0.6 is 27.5 Å². The van der Waals surface area contributed by atoms with Gasteiger partial charge in [-0.3, -0.25) is 0 Å². The second-order valence-corrected chi connectivity index (χ2v) is 8.95. The zero-order valence-corrected chi connectivity index (χ0v) is 17.4. The predicted octanol–water partition coefficient (Wildman–Crippen LogP) is 5.23. The molecule has 3 aromatic rings. The molecule has 1 atom stereocenters. The molecule has 27 heavy (non-hydrogen) atoms. The third-order valence-corrected chi connectivity index (χ3v) is 6.39. The third kappa shape index (κ3) is 5.32. The lowest BCUT2D eigenvalue weighted by Crippen LogP contribution is -2.31. The molecule has 0 heterocycles. The lowest BCUT2D eigenvalue weighted by Gasteiger charge is -2.22. The van der Waals surface area contributed by atoms with E-state index in [1.165, 1.54) is 12.1 Å². The second kappa shape index (κ2) is 8.89. The number of hydrogen-bond donors (Lipinski definition) is 2. The molecule has 0 aliphatic carbocycles. The molecule has 0 unspecified atom stereocenters. The average molecular weight is 466 g/mol. The smallest absolute Gasteiger partial charge is 0.240 e. The van der Waals surface area contributed by atoms with Crippen LogP contribution in [-0.4, -0.2) is 15.0 Å². The highest BCUT2D eigenvalue weighted by atomic mass is 79.9. The van der Waals surface area contributed by atoms with E-state index in [1.54, 1.807) is 12.1 Å². The van der Waals surface area contributed by atoms with E-state index in [-0.39, 0.29) is 17.5 Å². The van der Waals surface area contributed by atoms with Crippen molar-refractivity contribution in [2.45, 2.75) is 10.9 Å². The van der Waals surface area contributed by atoms with E-state index < -0.39 is 10.0 Å². The standard InChI is InChI=1S/C20H18BrClN2O2S/c21-18-8-4-5-9-19(18)24-20(15-6-2-1-3-7-15)14-23-27(25,26)17-12-10-16(22)11-13-17/h1-13,20,23-24H,14H2/t20-/m1/s1. The van der Waals surface area contributed by atoms with Crippen LogP contribution in [0.4, 0.5) is 5.69 Å². The third-order valence-electron chi connectivity index (χ3n) is 4.01. The van der Waals surface area contributed by atoms with E-state index in [9.17, 15) is 8.42 Å². The van der Waals surface area contributed by atoms with Gasteiger partial charge in [-0.05, 0) is 57.9 Å². The van der Waals surface area contributed by atoms with Crippen LogP contribution in [0.2, 0.25) is 5.02 Å². The maximum atomic E-state index is 12.6. The summed E-state index contributed by atoms with van der Waals surface area (Å²) in [6.07, 6.45) is 0. The van der Waals surface area contributed by atoms with E-state index in [0.29, 0.717) is 5.02 Å².